The van der Waals surface area contributed by atoms with Crippen molar-refractivity contribution in [3.05, 3.63) is 77.5 Å². The SMILES string of the molecule is CS(=O)(=O)N(Cc1cccc(-c2ccnc(CCCc3ccc(O)c(F)c3)n2)c1)C1CCNCC1. The Labute approximate surface area is 206 Å². The predicted molar refractivity (Wildman–Crippen MR) is 134 cm³/mol. The predicted octanol–water partition coefficient (Wildman–Crippen LogP) is 3.68. The van der Waals surface area contributed by atoms with Gasteiger partial charge in [-0.15, -0.1) is 0 Å². The molecule has 0 saturated carbocycles. The Morgan fingerprint density at radius 3 is 2.63 bits per heavy atom. The van der Waals surface area contributed by atoms with E-state index in [9.17, 15) is 17.9 Å². The number of hydrogen-bond acceptors (Lipinski definition) is 6. The number of phenols is 1. The van der Waals surface area contributed by atoms with E-state index in [0.717, 1.165) is 54.7 Å². The maximum absolute atomic E-state index is 13.5. The number of nitrogens with one attached hydrogen (secondary N) is 1. The number of benzene rings is 2. The van der Waals surface area contributed by atoms with E-state index in [1.54, 1.807) is 16.6 Å². The van der Waals surface area contributed by atoms with Crippen LogP contribution in [0.25, 0.3) is 11.3 Å². The van der Waals surface area contributed by atoms with Gasteiger partial charge in [-0.1, -0.05) is 24.3 Å². The fourth-order valence-electron chi connectivity index (χ4n) is 4.46. The number of rotatable bonds is 9. The second-order valence-corrected chi connectivity index (χ2v) is 10.9. The lowest BCUT2D eigenvalue weighted by molar-refractivity contribution is 0.258. The van der Waals surface area contributed by atoms with Crippen molar-refractivity contribution < 1.29 is 17.9 Å². The van der Waals surface area contributed by atoms with Gasteiger partial charge >= 0.3 is 0 Å². The number of nitrogens with zero attached hydrogens (tertiary/aromatic N) is 3. The number of aromatic hydroxyl groups is 1. The summed E-state index contributed by atoms with van der Waals surface area (Å²) in [5, 5.41) is 12.6. The Morgan fingerprint density at radius 1 is 1.09 bits per heavy atom. The summed E-state index contributed by atoms with van der Waals surface area (Å²) in [6.45, 7) is 1.97. The Bertz CT molecular complexity index is 1260. The molecule has 7 nitrogen and oxygen atoms in total. The third-order valence-corrected chi connectivity index (χ3v) is 7.57. The molecule has 1 fully saturated rings. The summed E-state index contributed by atoms with van der Waals surface area (Å²) in [7, 11) is -3.34. The van der Waals surface area contributed by atoms with E-state index >= 15 is 0 Å². The Hall–Kier alpha value is -2.88. The zero-order valence-corrected chi connectivity index (χ0v) is 20.6. The molecule has 1 aliphatic heterocycles. The summed E-state index contributed by atoms with van der Waals surface area (Å²) in [6.07, 6.45) is 6.64. The van der Waals surface area contributed by atoms with E-state index in [2.05, 4.69) is 10.3 Å². The standard InChI is InChI=1S/C26H31FN4O3S/c1-35(33,34)31(22-10-13-28-14-11-22)18-20-5-2-6-21(16-20)24-12-15-29-26(30-24)7-3-4-19-8-9-25(32)23(27)17-19/h2,5-6,8-9,12,15-17,22,28,32H,3-4,7,10-11,13-14,18H2,1H3. The van der Waals surface area contributed by atoms with Gasteiger partial charge in [0.2, 0.25) is 10.0 Å². The van der Waals surface area contributed by atoms with Crippen molar-refractivity contribution in [2.45, 2.75) is 44.7 Å². The molecular weight excluding hydrogens is 467 g/mol. The van der Waals surface area contributed by atoms with E-state index in [-0.39, 0.29) is 11.8 Å². The van der Waals surface area contributed by atoms with Crippen LogP contribution < -0.4 is 5.32 Å². The number of aromatic nitrogens is 2. The Morgan fingerprint density at radius 2 is 1.89 bits per heavy atom. The van der Waals surface area contributed by atoms with Crippen LogP contribution in [-0.2, 0) is 29.4 Å². The van der Waals surface area contributed by atoms with Crippen molar-refractivity contribution in [1.29, 1.82) is 0 Å². The Balaban J connectivity index is 1.44. The molecule has 0 radical (unpaired) electrons. The smallest absolute Gasteiger partial charge is 0.211 e. The van der Waals surface area contributed by atoms with Gasteiger partial charge in [-0.3, -0.25) is 0 Å². The summed E-state index contributed by atoms with van der Waals surface area (Å²) >= 11 is 0. The number of piperidine rings is 1. The molecule has 0 spiro atoms. The van der Waals surface area contributed by atoms with Crippen molar-refractivity contribution >= 4 is 10.0 Å². The van der Waals surface area contributed by atoms with E-state index in [0.29, 0.717) is 25.2 Å². The quantitative estimate of drug-likeness (QED) is 0.467. The van der Waals surface area contributed by atoms with Crippen molar-refractivity contribution in [3.63, 3.8) is 0 Å². The van der Waals surface area contributed by atoms with Gasteiger partial charge in [0.25, 0.3) is 0 Å². The molecule has 0 unspecified atom stereocenters. The lowest BCUT2D eigenvalue weighted by Gasteiger charge is -2.32. The van der Waals surface area contributed by atoms with Crippen LogP contribution in [0, 0.1) is 5.82 Å². The highest BCUT2D eigenvalue weighted by atomic mass is 32.2. The number of aryl methyl sites for hydroxylation is 2. The first-order chi connectivity index (χ1) is 16.8. The zero-order chi connectivity index (χ0) is 24.8. The van der Waals surface area contributed by atoms with Crippen LogP contribution in [0.5, 0.6) is 5.75 Å². The summed E-state index contributed by atoms with van der Waals surface area (Å²) in [6, 6.07) is 14.1. The molecule has 2 N–H and O–H groups in total. The molecule has 3 aromatic rings. The normalized spacial score (nSPS) is 14.9. The third kappa shape index (κ3) is 6.84. The molecule has 0 bridgehead atoms. The zero-order valence-electron chi connectivity index (χ0n) is 19.8. The number of halogens is 1. The molecular formula is C26H31FN4O3S. The maximum atomic E-state index is 13.5. The van der Waals surface area contributed by atoms with Crippen molar-refractivity contribution in [3.8, 4) is 17.0 Å². The van der Waals surface area contributed by atoms with Gasteiger partial charge < -0.3 is 10.4 Å². The molecule has 0 aliphatic carbocycles. The van der Waals surface area contributed by atoms with Crippen molar-refractivity contribution in [2.75, 3.05) is 19.3 Å². The van der Waals surface area contributed by atoms with Crippen LogP contribution >= 0.6 is 0 Å². The summed E-state index contributed by atoms with van der Waals surface area (Å²) < 4.78 is 40.2. The van der Waals surface area contributed by atoms with Gasteiger partial charge in [0, 0.05) is 30.8 Å². The molecule has 186 valence electrons. The van der Waals surface area contributed by atoms with Crippen LogP contribution in [0.1, 0.15) is 36.2 Å². The van der Waals surface area contributed by atoms with Gasteiger partial charge in [0.1, 0.15) is 5.82 Å². The second-order valence-electron chi connectivity index (χ2n) is 8.99. The third-order valence-electron chi connectivity index (χ3n) is 6.29. The van der Waals surface area contributed by atoms with Crippen LogP contribution in [0.15, 0.2) is 54.7 Å². The van der Waals surface area contributed by atoms with Crippen LogP contribution in [0.2, 0.25) is 0 Å². The van der Waals surface area contributed by atoms with Gasteiger partial charge in [-0.05, 0) is 74.2 Å². The first-order valence-electron chi connectivity index (χ1n) is 11.9. The highest BCUT2D eigenvalue weighted by Crippen LogP contribution is 2.23. The van der Waals surface area contributed by atoms with Gasteiger partial charge in [0.05, 0.1) is 11.9 Å². The molecule has 1 aromatic heterocycles. The lowest BCUT2D eigenvalue weighted by Crippen LogP contribution is -2.45. The summed E-state index contributed by atoms with van der Waals surface area (Å²) in [5.74, 6) is -0.266. The molecule has 0 atom stereocenters. The molecule has 1 aliphatic rings. The monoisotopic (exact) mass is 498 g/mol. The molecule has 2 aromatic carbocycles. The van der Waals surface area contributed by atoms with E-state index in [1.165, 1.54) is 18.4 Å². The number of phenolic OH excluding ortho intramolecular Hbond substituents is 1. The van der Waals surface area contributed by atoms with Crippen molar-refractivity contribution in [1.82, 2.24) is 19.6 Å². The molecule has 0 amide bonds. The molecule has 35 heavy (non-hydrogen) atoms. The minimum Gasteiger partial charge on any atom is -0.505 e. The van der Waals surface area contributed by atoms with E-state index in [4.69, 9.17) is 4.98 Å². The van der Waals surface area contributed by atoms with Gasteiger partial charge in [-0.25, -0.2) is 22.8 Å². The number of sulfonamides is 1. The average molecular weight is 499 g/mol. The maximum Gasteiger partial charge on any atom is 0.211 e. The van der Waals surface area contributed by atoms with E-state index in [1.807, 2.05) is 30.3 Å². The first-order valence-corrected chi connectivity index (χ1v) is 13.7. The van der Waals surface area contributed by atoms with Gasteiger partial charge in [0.15, 0.2) is 11.6 Å². The Kier molecular flexibility index (Phi) is 8.10. The summed E-state index contributed by atoms with van der Waals surface area (Å²) in [5.41, 5.74) is 3.42. The molecule has 9 heteroatoms. The minimum atomic E-state index is -3.34. The molecule has 4 rings (SSSR count). The molecule has 1 saturated heterocycles. The first kappa shape index (κ1) is 25.2. The largest absolute Gasteiger partial charge is 0.505 e. The van der Waals surface area contributed by atoms with Crippen molar-refractivity contribution in [2.24, 2.45) is 0 Å². The lowest BCUT2D eigenvalue weighted by atomic mass is 10.0. The topological polar surface area (TPSA) is 95.4 Å². The second kappa shape index (κ2) is 11.2. The van der Waals surface area contributed by atoms with Crippen LogP contribution in [0.3, 0.4) is 0 Å². The average Bonchev–Trinajstić information content (AvgIpc) is 2.85. The highest BCUT2D eigenvalue weighted by Gasteiger charge is 2.28. The van der Waals surface area contributed by atoms with E-state index < -0.39 is 15.8 Å². The fourth-order valence-corrected chi connectivity index (χ4v) is 5.59. The fraction of sp³-hybridized carbons (Fsp3) is 0.385. The minimum absolute atomic E-state index is 0.00242. The number of hydrogen-bond donors (Lipinski definition) is 2. The highest BCUT2D eigenvalue weighted by molar-refractivity contribution is 7.88. The summed E-state index contributed by atoms with van der Waals surface area (Å²) in [4.78, 5) is 9.07. The van der Waals surface area contributed by atoms with Crippen LogP contribution in [0.4, 0.5) is 4.39 Å². The van der Waals surface area contributed by atoms with Gasteiger partial charge in [-0.2, -0.15) is 4.31 Å². The van der Waals surface area contributed by atoms with Crippen LogP contribution in [-0.4, -0.2) is 53.2 Å². The molecule has 2 heterocycles.